The minimum Gasteiger partial charge on any atom is -0.340 e. The first kappa shape index (κ1) is 18.3. The Bertz CT molecular complexity index is 794. The molecule has 0 saturated heterocycles. The third-order valence-electron chi connectivity index (χ3n) is 4.80. The number of anilines is 1. The lowest BCUT2D eigenvalue weighted by Gasteiger charge is -2.35. The van der Waals surface area contributed by atoms with Gasteiger partial charge in [-0.25, -0.2) is 0 Å². The first-order valence-electron chi connectivity index (χ1n) is 8.95. The summed E-state index contributed by atoms with van der Waals surface area (Å²) in [6, 6.07) is 6.93. The van der Waals surface area contributed by atoms with Crippen LogP contribution >= 0.6 is 0 Å². The Labute approximate surface area is 152 Å². The highest BCUT2D eigenvalue weighted by atomic mass is 16.5. The lowest BCUT2D eigenvalue weighted by Crippen LogP contribution is -2.48. The number of carbonyl (C=O) groups excluding carboxylic acids is 2. The summed E-state index contributed by atoms with van der Waals surface area (Å²) >= 11 is 0. The molecule has 1 heterocycles. The smallest absolute Gasteiger partial charge is 0.238 e. The quantitative estimate of drug-likeness (QED) is 0.772. The molecule has 0 spiro atoms. The molecule has 3 rings (SSSR count). The summed E-state index contributed by atoms with van der Waals surface area (Å²) < 4.78 is 5.15. The number of nitrogens with zero attached hydrogens (tertiary/aromatic N) is 2. The molecule has 1 saturated carbocycles. The number of rotatable bonds is 6. The van der Waals surface area contributed by atoms with Crippen molar-refractivity contribution >= 4 is 17.4 Å². The van der Waals surface area contributed by atoms with Crippen LogP contribution in [0.1, 0.15) is 61.1 Å². The highest BCUT2D eigenvalue weighted by molar-refractivity contribution is 5.97. The second kappa shape index (κ2) is 7.78. The van der Waals surface area contributed by atoms with E-state index in [9.17, 15) is 9.59 Å². The Kier molecular flexibility index (Phi) is 5.46. The third-order valence-corrected chi connectivity index (χ3v) is 4.80. The molecule has 138 valence electrons. The number of benzene rings is 1. The predicted molar refractivity (Wildman–Crippen MR) is 96.9 cm³/mol. The van der Waals surface area contributed by atoms with Gasteiger partial charge in [0.25, 0.3) is 0 Å². The Balaban J connectivity index is 1.66. The Morgan fingerprint density at radius 1 is 1.23 bits per heavy atom. The molecule has 0 aliphatic heterocycles. The zero-order chi connectivity index (χ0) is 18.6. The van der Waals surface area contributed by atoms with Gasteiger partial charge in [0, 0.05) is 18.2 Å². The summed E-state index contributed by atoms with van der Waals surface area (Å²) in [4.78, 5) is 28.3. The number of nitrogens with one attached hydrogen (secondary N) is 2. The van der Waals surface area contributed by atoms with Crippen LogP contribution < -0.4 is 10.6 Å². The maximum Gasteiger partial charge on any atom is 0.238 e. The molecule has 1 aliphatic carbocycles. The van der Waals surface area contributed by atoms with Crippen molar-refractivity contribution in [2.45, 2.75) is 51.5 Å². The van der Waals surface area contributed by atoms with E-state index in [-0.39, 0.29) is 18.2 Å². The van der Waals surface area contributed by atoms with Gasteiger partial charge >= 0.3 is 0 Å². The van der Waals surface area contributed by atoms with Crippen LogP contribution in [0.4, 0.5) is 5.69 Å². The fourth-order valence-electron chi connectivity index (χ4n) is 3.40. The minimum absolute atomic E-state index is 0.0344. The average Bonchev–Trinajstić information content (AvgIpc) is 3.08. The molecule has 1 aromatic carbocycles. The molecule has 0 atom stereocenters. The first-order chi connectivity index (χ1) is 12.5. The molecule has 1 aromatic heterocycles. The normalized spacial score (nSPS) is 16.2. The van der Waals surface area contributed by atoms with Gasteiger partial charge in [-0.15, -0.1) is 0 Å². The van der Waals surface area contributed by atoms with Crippen LogP contribution in [0, 0.1) is 6.92 Å². The van der Waals surface area contributed by atoms with Crippen molar-refractivity contribution in [3.05, 3.63) is 41.5 Å². The Morgan fingerprint density at radius 2 is 2.00 bits per heavy atom. The molecule has 0 radical (unpaired) electrons. The van der Waals surface area contributed by atoms with E-state index in [1.54, 1.807) is 31.2 Å². The van der Waals surface area contributed by atoms with Crippen molar-refractivity contribution < 1.29 is 14.1 Å². The molecular weight excluding hydrogens is 332 g/mol. The lowest BCUT2D eigenvalue weighted by atomic mass is 9.81. The largest absolute Gasteiger partial charge is 0.340 e. The number of aryl methyl sites for hydroxylation is 1. The van der Waals surface area contributed by atoms with Crippen LogP contribution in [0.25, 0.3) is 0 Å². The van der Waals surface area contributed by atoms with Gasteiger partial charge in [-0.05, 0) is 31.9 Å². The van der Waals surface area contributed by atoms with Gasteiger partial charge in [0.1, 0.15) is 0 Å². The molecule has 1 amide bonds. The standard InChI is InChI=1S/C19H24N4O3/c1-13(24)15-7-6-8-16(11-15)22-17(25)12-20-19(9-4-3-5-10-19)18-21-14(2)26-23-18/h6-8,11,20H,3-5,9-10,12H2,1-2H3,(H,22,25). The number of hydrogen-bond acceptors (Lipinski definition) is 6. The minimum atomic E-state index is -0.422. The van der Waals surface area contributed by atoms with Crippen molar-refractivity contribution in [3.8, 4) is 0 Å². The fraction of sp³-hybridized carbons (Fsp3) is 0.474. The molecule has 0 unspecified atom stereocenters. The Hall–Kier alpha value is -2.54. The summed E-state index contributed by atoms with van der Waals surface area (Å²) in [5.41, 5.74) is 0.758. The third kappa shape index (κ3) is 4.16. The summed E-state index contributed by atoms with van der Waals surface area (Å²) in [6.45, 7) is 3.40. The molecule has 1 fully saturated rings. The lowest BCUT2D eigenvalue weighted by molar-refractivity contribution is -0.115. The molecule has 7 nitrogen and oxygen atoms in total. The van der Waals surface area contributed by atoms with Crippen molar-refractivity contribution in [2.75, 3.05) is 11.9 Å². The van der Waals surface area contributed by atoms with Gasteiger partial charge in [0.2, 0.25) is 11.8 Å². The predicted octanol–water partition coefficient (Wildman–Crippen LogP) is 2.97. The van der Waals surface area contributed by atoms with Crippen LogP contribution in [0.3, 0.4) is 0 Å². The van der Waals surface area contributed by atoms with Gasteiger partial charge in [-0.1, -0.05) is 36.6 Å². The van der Waals surface area contributed by atoms with Crippen LogP contribution in [0.5, 0.6) is 0 Å². The number of ketones is 1. The molecule has 0 bridgehead atoms. The summed E-state index contributed by atoms with van der Waals surface area (Å²) in [5, 5.41) is 10.3. The zero-order valence-corrected chi connectivity index (χ0v) is 15.2. The molecule has 26 heavy (non-hydrogen) atoms. The van der Waals surface area contributed by atoms with Crippen molar-refractivity contribution in [2.24, 2.45) is 0 Å². The highest BCUT2D eigenvalue weighted by Crippen LogP contribution is 2.35. The van der Waals surface area contributed by atoms with Crippen LogP contribution in [0.15, 0.2) is 28.8 Å². The molecule has 2 aromatic rings. The summed E-state index contributed by atoms with van der Waals surface area (Å²) in [7, 11) is 0. The maximum absolute atomic E-state index is 12.4. The highest BCUT2D eigenvalue weighted by Gasteiger charge is 2.38. The second-order valence-electron chi connectivity index (χ2n) is 6.82. The van der Waals surface area contributed by atoms with E-state index >= 15 is 0 Å². The van der Waals surface area contributed by atoms with Gasteiger partial charge < -0.3 is 9.84 Å². The van der Waals surface area contributed by atoms with Gasteiger partial charge in [0.05, 0.1) is 12.1 Å². The van der Waals surface area contributed by atoms with Crippen LogP contribution in [-0.4, -0.2) is 28.4 Å². The Morgan fingerprint density at radius 3 is 2.65 bits per heavy atom. The van der Waals surface area contributed by atoms with E-state index in [1.165, 1.54) is 13.3 Å². The SMILES string of the molecule is CC(=O)c1cccc(NC(=O)CNC2(c3noc(C)n3)CCCCC2)c1. The van der Waals surface area contributed by atoms with Crippen LogP contribution in [-0.2, 0) is 10.3 Å². The topological polar surface area (TPSA) is 97.1 Å². The fourth-order valence-corrected chi connectivity index (χ4v) is 3.40. The van der Waals surface area contributed by atoms with E-state index in [0.29, 0.717) is 23.0 Å². The van der Waals surface area contributed by atoms with Crippen LogP contribution in [0.2, 0.25) is 0 Å². The molecule has 1 aliphatic rings. The van der Waals surface area contributed by atoms with E-state index in [1.807, 2.05) is 0 Å². The first-order valence-corrected chi connectivity index (χ1v) is 8.95. The second-order valence-corrected chi connectivity index (χ2v) is 6.82. The maximum atomic E-state index is 12.4. The van der Waals surface area contributed by atoms with Gasteiger partial charge in [-0.3, -0.25) is 14.9 Å². The summed E-state index contributed by atoms with van der Waals surface area (Å²) in [6.07, 6.45) is 5.04. The number of hydrogen-bond donors (Lipinski definition) is 2. The van der Waals surface area contributed by atoms with Crippen molar-refractivity contribution in [1.82, 2.24) is 15.5 Å². The number of aromatic nitrogens is 2. The average molecular weight is 356 g/mol. The number of amides is 1. The van der Waals surface area contributed by atoms with E-state index in [4.69, 9.17) is 4.52 Å². The van der Waals surface area contributed by atoms with Crippen molar-refractivity contribution in [3.63, 3.8) is 0 Å². The monoisotopic (exact) mass is 356 g/mol. The molecule has 7 heteroatoms. The summed E-state index contributed by atoms with van der Waals surface area (Å²) in [5.74, 6) is 0.946. The van der Waals surface area contributed by atoms with Gasteiger partial charge in [0.15, 0.2) is 11.6 Å². The van der Waals surface area contributed by atoms with Crippen molar-refractivity contribution in [1.29, 1.82) is 0 Å². The van der Waals surface area contributed by atoms with Gasteiger partial charge in [-0.2, -0.15) is 4.98 Å². The van der Waals surface area contributed by atoms with E-state index in [0.717, 1.165) is 25.7 Å². The number of carbonyl (C=O) groups is 2. The van der Waals surface area contributed by atoms with E-state index < -0.39 is 5.54 Å². The molecule has 2 N–H and O–H groups in total. The zero-order valence-electron chi connectivity index (χ0n) is 15.2. The molecular formula is C19H24N4O3. The number of Topliss-reactive ketones (excluding diaryl/α,β-unsaturated/α-hetero) is 1. The van der Waals surface area contributed by atoms with E-state index in [2.05, 4.69) is 20.8 Å².